The summed E-state index contributed by atoms with van der Waals surface area (Å²) in [5, 5.41) is 0. The maximum Gasteiger partial charge on any atom is 0.138 e. The molecule has 100 valence electrons. The molecule has 3 nitrogen and oxygen atoms in total. The number of nitrogens with zero attached hydrogens (tertiary/aromatic N) is 1. The molecule has 2 unspecified atom stereocenters. The highest BCUT2D eigenvalue weighted by Crippen LogP contribution is 2.32. The molecule has 0 aromatic carbocycles. The number of ether oxygens (including phenoxy) is 1. The molecule has 2 atom stereocenters. The fourth-order valence-electron chi connectivity index (χ4n) is 2.73. The maximum absolute atomic E-state index is 6.29. The van der Waals surface area contributed by atoms with Gasteiger partial charge in [-0.3, -0.25) is 4.98 Å². The van der Waals surface area contributed by atoms with Gasteiger partial charge in [-0.2, -0.15) is 0 Å². The Bertz CT molecular complexity index is 379. The standard InChI is InChI=1S/C15H24N2O/c1-11(2)18-13-8-12(9-17-10-13)14-6-4-3-5-7-15(14)16/h8-11,14-15H,3-7,16H2,1-2H3. The van der Waals surface area contributed by atoms with Gasteiger partial charge in [-0.1, -0.05) is 19.3 Å². The van der Waals surface area contributed by atoms with Gasteiger partial charge in [0.15, 0.2) is 0 Å². The van der Waals surface area contributed by atoms with E-state index in [4.69, 9.17) is 10.5 Å². The molecule has 3 heteroatoms. The SMILES string of the molecule is CC(C)Oc1cncc(C2CCCCCC2N)c1. The Labute approximate surface area is 110 Å². The predicted molar refractivity (Wildman–Crippen MR) is 73.8 cm³/mol. The van der Waals surface area contributed by atoms with Crippen molar-refractivity contribution < 1.29 is 4.74 Å². The third kappa shape index (κ3) is 3.45. The first-order valence-corrected chi connectivity index (χ1v) is 7.04. The van der Waals surface area contributed by atoms with Gasteiger partial charge in [0.2, 0.25) is 0 Å². The Balaban J connectivity index is 2.15. The zero-order chi connectivity index (χ0) is 13.0. The van der Waals surface area contributed by atoms with Crippen LogP contribution in [0.3, 0.4) is 0 Å². The van der Waals surface area contributed by atoms with Crippen molar-refractivity contribution >= 4 is 0 Å². The zero-order valence-corrected chi connectivity index (χ0v) is 11.4. The molecule has 0 aliphatic heterocycles. The summed E-state index contributed by atoms with van der Waals surface area (Å²) in [7, 11) is 0. The van der Waals surface area contributed by atoms with Crippen LogP contribution >= 0.6 is 0 Å². The lowest BCUT2D eigenvalue weighted by Crippen LogP contribution is -2.27. The highest BCUT2D eigenvalue weighted by atomic mass is 16.5. The number of hydrogen-bond acceptors (Lipinski definition) is 3. The Morgan fingerprint density at radius 2 is 2.00 bits per heavy atom. The first kappa shape index (κ1) is 13.3. The summed E-state index contributed by atoms with van der Waals surface area (Å²) in [6.07, 6.45) is 10.0. The van der Waals surface area contributed by atoms with Gasteiger partial charge in [0.05, 0.1) is 12.3 Å². The van der Waals surface area contributed by atoms with E-state index in [-0.39, 0.29) is 12.1 Å². The number of nitrogens with two attached hydrogens (primary N) is 1. The lowest BCUT2D eigenvalue weighted by atomic mass is 9.89. The van der Waals surface area contributed by atoms with E-state index in [0.29, 0.717) is 5.92 Å². The van der Waals surface area contributed by atoms with Crippen molar-refractivity contribution in [1.29, 1.82) is 0 Å². The smallest absolute Gasteiger partial charge is 0.138 e. The van der Waals surface area contributed by atoms with Crippen LogP contribution in [-0.2, 0) is 0 Å². The fraction of sp³-hybridized carbons (Fsp3) is 0.667. The lowest BCUT2D eigenvalue weighted by Gasteiger charge is -2.22. The van der Waals surface area contributed by atoms with Crippen molar-refractivity contribution in [2.24, 2.45) is 5.73 Å². The molecule has 0 radical (unpaired) electrons. The first-order valence-electron chi connectivity index (χ1n) is 7.04. The molecule has 0 spiro atoms. The molecule has 1 aromatic heterocycles. The van der Waals surface area contributed by atoms with Gasteiger partial charge in [-0.15, -0.1) is 0 Å². The Hall–Kier alpha value is -1.09. The van der Waals surface area contributed by atoms with E-state index in [0.717, 1.165) is 12.2 Å². The lowest BCUT2D eigenvalue weighted by molar-refractivity contribution is 0.241. The van der Waals surface area contributed by atoms with Crippen molar-refractivity contribution in [3.05, 3.63) is 24.0 Å². The first-order chi connectivity index (χ1) is 8.66. The molecule has 18 heavy (non-hydrogen) atoms. The zero-order valence-electron chi connectivity index (χ0n) is 11.4. The minimum Gasteiger partial charge on any atom is -0.489 e. The summed E-state index contributed by atoms with van der Waals surface area (Å²) in [5.41, 5.74) is 7.53. The van der Waals surface area contributed by atoms with Crippen LogP contribution in [-0.4, -0.2) is 17.1 Å². The van der Waals surface area contributed by atoms with Crippen molar-refractivity contribution in [3.8, 4) is 5.75 Å². The quantitative estimate of drug-likeness (QED) is 0.835. The van der Waals surface area contributed by atoms with Crippen LogP contribution in [0.5, 0.6) is 5.75 Å². The van der Waals surface area contributed by atoms with E-state index in [1.54, 1.807) is 6.20 Å². The minimum absolute atomic E-state index is 0.185. The highest BCUT2D eigenvalue weighted by Gasteiger charge is 2.22. The van der Waals surface area contributed by atoms with Crippen molar-refractivity contribution in [3.63, 3.8) is 0 Å². The molecule has 0 saturated heterocycles. The number of aromatic nitrogens is 1. The molecule has 1 heterocycles. The number of pyridine rings is 1. The summed E-state index contributed by atoms with van der Waals surface area (Å²) >= 11 is 0. The van der Waals surface area contributed by atoms with E-state index in [1.807, 2.05) is 20.0 Å². The largest absolute Gasteiger partial charge is 0.489 e. The van der Waals surface area contributed by atoms with Crippen molar-refractivity contribution in [2.45, 2.75) is 64.0 Å². The van der Waals surface area contributed by atoms with Gasteiger partial charge >= 0.3 is 0 Å². The minimum atomic E-state index is 0.185. The average molecular weight is 248 g/mol. The summed E-state index contributed by atoms with van der Waals surface area (Å²) in [6.45, 7) is 4.06. The fourth-order valence-corrected chi connectivity index (χ4v) is 2.73. The van der Waals surface area contributed by atoms with Crippen LogP contribution < -0.4 is 10.5 Å². The molecule has 1 aliphatic carbocycles. The van der Waals surface area contributed by atoms with Gasteiger partial charge in [0.1, 0.15) is 5.75 Å². The van der Waals surface area contributed by atoms with Crippen LogP contribution in [0.25, 0.3) is 0 Å². The van der Waals surface area contributed by atoms with Gasteiger partial charge in [-0.25, -0.2) is 0 Å². The average Bonchev–Trinajstić information content (AvgIpc) is 2.53. The predicted octanol–water partition coefficient (Wildman–Crippen LogP) is 3.24. The molecule has 2 N–H and O–H groups in total. The second-order valence-corrected chi connectivity index (χ2v) is 5.53. The third-order valence-electron chi connectivity index (χ3n) is 3.60. The summed E-state index contributed by atoms with van der Waals surface area (Å²) in [6, 6.07) is 2.38. The van der Waals surface area contributed by atoms with E-state index in [9.17, 15) is 0 Å². The molecule has 1 saturated carbocycles. The normalized spacial score (nSPS) is 24.9. The van der Waals surface area contributed by atoms with Gasteiger partial charge in [0, 0.05) is 18.2 Å². The van der Waals surface area contributed by atoms with E-state index in [1.165, 1.54) is 31.2 Å². The van der Waals surface area contributed by atoms with Gasteiger partial charge in [-0.05, 0) is 38.3 Å². The Kier molecular flexibility index (Phi) is 4.59. The Morgan fingerprint density at radius 3 is 2.78 bits per heavy atom. The van der Waals surface area contributed by atoms with Crippen LogP contribution in [0, 0.1) is 0 Å². The summed E-state index contributed by atoms with van der Waals surface area (Å²) in [5.74, 6) is 1.30. The van der Waals surface area contributed by atoms with Crippen molar-refractivity contribution in [2.75, 3.05) is 0 Å². The highest BCUT2D eigenvalue weighted by molar-refractivity contribution is 5.27. The Morgan fingerprint density at radius 1 is 1.22 bits per heavy atom. The topological polar surface area (TPSA) is 48.1 Å². The molecular formula is C15H24N2O. The van der Waals surface area contributed by atoms with Crippen molar-refractivity contribution in [1.82, 2.24) is 4.98 Å². The monoisotopic (exact) mass is 248 g/mol. The van der Waals surface area contributed by atoms with Crippen LogP contribution in [0.15, 0.2) is 18.5 Å². The third-order valence-corrected chi connectivity index (χ3v) is 3.60. The van der Waals surface area contributed by atoms with E-state index < -0.39 is 0 Å². The molecule has 1 aliphatic rings. The van der Waals surface area contributed by atoms with Crippen LogP contribution in [0.4, 0.5) is 0 Å². The molecular weight excluding hydrogens is 224 g/mol. The van der Waals surface area contributed by atoms with E-state index >= 15 is 0 Å². The number of rotatable bonds is 3. The molecule has 0 amide bonds. The van der Waals surface area contributed by atoms with Crippen LogP contribution in [0.2, 0.25) is 0 Å². The maximum atomic E-state index is 6.29. The molecule has 2 rings (SSSR count). The second kappa shape index (κ2) is 6.19. The summed E-state index contributed by atoms with van der Waals surface area (Å²) < 4.78 is 5.71. The molecule has 0 bridgehead atoms. The molecule has 1 aromatic rings. The van der Waals surface area contributed by atoms with Gasteiger partial charge < -0.3 is 10.5 Å². The number of hydrogen-bond donors (Lipinski definition) is 1. The van der Waals surface area contributed by atoms with Crippen LogP contribution in [0.1, 0.15) is 57.4 Å². The van der Waals surface area contributed by atoms with Gasteiger partial charge in [0.25, 0.3) is 0 Å². The molecule has 1 fully saturated rings. The second-order valence-electron chi connectivity index (χ2n) is 5.53. The summed E-state index contributed by atoms with van der Waals surface area (Å²) in [4.78, 5) is 4.30. The van der Waals surface area contributed by atoms with E-state index in [2.05, 4.69) is 11.1 Å².